The lowest BCUT2D eigenvalue weighted by Crippen LogP contribution is -2.42. The van der Waals surface area contributed by atoms with Gasteiger partial charge in [0.1, 0.15) is 5.56 Å². The van der Waals surface area contributed by atoms with Gasteiger partial charge < -0.3 is 10.3 Å². The fourth-order valence-electron chi connectivity index (χ4n) is 1.93. The van der Waals surface area contributed by atoms with Crippen LogP contribution in [0.1, 0.15) is 16.1 Å². The van der Waals surface area contributed by atoms with Gasteiger partial charge in [0.05, 0.1) is 22.9 Å². The molecule has 2 N–H and O–H groups in total. The van der Waals surface area contributed by atoms with Gasteiger partial charge in [-0.3, -0.25) is 9.59 Å². The summed E-state index contributed by atoms with van der Waals surface area (Å²) in [7, 11) is -3.22. The van der Waals surface area contributed by atoms with E-state index in [1.54, 1.807) is 6.92 Å². The number of carbonyl (C=O) groups excluding carboxylic acids is 1. The Morgan fingerprint density at radius 3 is 2.68 bits per heavy atom. The fraction of sp³-hybridized carbons (Fsp3) is 0.455. The standard InChI is InChI=1S/C11H13ClN2O4S/c1-6-2-10(15)7(3-13-6)11(16)14-9-5-19(17,18)4-8(9)12/h2-3,8-9H,4-5H2,1H3,(H,13,15)(H,14,16). The molecule has 1 saturated heterocycles. The second kappa shape index (κ2) is 4.97. The molecule has 1 fully saturated rings. The molecule has 2 unspecified atom stereocenters. The first-order chi connectivity index (χ1) is 8.78. The summed E-state index contributed by atoms with van der Waals surface area (Å²) in [5, 5.41) is 1.82. The molecule has 2 heterocycles. The minimum atomic E-state index is -3.22. The number of hydrogen-bond donors (Lipinski definition) is 2. The van der Waals surface area contributed by atoms with Gasteiger partial charge >= 0.3 is 0 Å². The van der Waals surface area contributed by atoms with Gasteiger partial charge in [0.2, 0.25) is 0 Å². The Morgan fingerprint density at radius 1 is 1.47 bits per heavy atom. The number of aromatic nitrogens is 1. The Bertz CT molecular complexity index is 668. The summed E-state index contributed by atoms with van der Waals surface area (Å²) < 4.78 is 22.8. The third kappa shape index (κ3) is 3.16. The molecule has 19 heavy (non-hydrogen) atoms. The van der Waals surface area contributed by atoms with Crippen molar-refractivity contribution in [3.63, 3.8) is 0 Å². The van der Waals surface area contributed by atoms with Gasteiger partial charge in [-0.05, 0) is 6.92 Å². The molecular weight excluding hydrogens is 292 g/mol. The van der Waals surface area contributed by atoms with E-state index in [-0.39, 0.29) is 17.1 Å². The summed E-state index contributed by atoms with van der Waals surface area (Å²) in [6.45, 7) is 1.70. The Balaban J connectivity index is 2.16. The maximum absolute atomic E-state index is 11.9. The molecule has 1 aliphatic heterocycles. The van der Waals surface area contributed by atoms with Crippen LogP contribution >= 0.6 is 11.6 Å². The van der Waals surface area contributed by atoms with Crippen molar-refractivity contribution in [2.45, 2.75) is 18.3 Å². The number of pyridine rings is 1. The Labute approximate surface area is 115 Å². The van der Waals surface area contributed by atoms with Crippen molar-refractivity contribution in [2.24, 2.45) is 0 Å². The zero-order valence-corrected chi connectivity index (χ0v) is 11.7. The van der Waals surface area contributed by atoms with E-state index in [9.17, 15) is 18.0 Å². The first-order valence-electron chi connectivity index (χ1n) is 5.63. The molecule has 104 valence electrons. The highest BCUT2D eigenvalue weighted by molar-refractivity contribution is 7.91. The van der Waals surface area contributed by atoms with Crippen molar-refractivity contribution in [1.82, 2.24) is 10.3 Å². The zero-order valence-electron chi connectivity index (χ0n) is 10.1. The van der Waals surface area contributed by atoms with Crippen LogP contribution < -0.4 is 10.7 Å². The van der Waals surface area contributed by atoms with Gasteiger partial charge in [-0.25, -0.2) is 8.42 Å². The Hall–Kier alpha value is -1.34. The number of halogens is 1. The molecule has 0 aromatic carbocycles. The number of aromatic amines is 1. The fourth-order valence-corrected chi connectivity index (χ4v) is 4.48. The van der Waals surface area contributed by atoms with E-state index in [0.29, 0.717) is 5.69 Å². The number of alkyl halides is 1. The van der Waals surface area contributed by atoms with Gasteiger partial charge in [0.15, 0.2) is 15.3 Å². The number of amides is 1. The Morgan fingerprint density at radius 2 is 2.16 bits per heavy atom. The second-order valence-electron chi connectivity index (χ2n) is 4.57. The molecule has 1 amide bonds. The molecule has 1 aromatic rings. The SMILES string of the molecule is Cc1cc(=O)c(C(=O)NC2CS(=O)(=O)CC2Cl)c[nH]1. The summed E-state index contributed by atoms with van der Waals surface area (Å²) in [6, 6.07) is 0.637. The van der Waals surface area contributed by atoms with Crippen molar-refractivity contribution in [3.8, 4) is 0 Å². The third-order valence-corrected chi connectivity index (χ3v) is 5.28. The molecule has 1 aliphatic rings. The van der Waals surface area contributed by atoms with Crippen molar-refractivity contribution in [1.29, 1.82) is 0 Å². The summed E-state index contributed by atoms with van der Waals surface area (Å²) >= 11 is 5.88. The monoisotopic (exact) mass is 304 g/mol. The molecule has 0 aliphatic carbocycles. The largest absolute Gasteiger partial charge is 0.364 e. The molecule has 0 spiro atoms. The molecule has 8 heteroatoms. The third-order valence-electron chi connectivity index (χ3n) is 2.90. The lowest BCUT2D eigenvalue weighted by Gasteiger charge is -2.13. The number of H-pyrrole nitrogens is 1. The average Bonchev–Trinajstić information content (AvgIpc) is 2.51. The van der Waals surface area contributed by atoms with Gasteiger partial charge in [-0.2, -0.15) is 0 Å². The van der Waals surface area contributed by atoms with E-state index >= 15 is 0 Å². The second-order valence-corrected chi connectivity index (χ2v) is 7.28. The molecular formula is C11H13ClN2O4S. The van der Waals surface area contributed by atoms with E-state index < -0.39 is 32.6 Å². The molecule has 0 bridgehead atoms. The highest BCUT2D eigenvalue weighted by atomic mass is 35.5. The van der Waals surface area contributed by atoms with Gasteiger partial charge in [0, 0.05) is 18.0 Å². The molecule has 2 atom stereocenters. The van der Waals surface area contributed by atoms with E-state index in [4.69, 9.17) is 11.6 Å². The number of carbonyl (C=O) groups is 1. The number of sulfone groups is 1. The van der Waals surface area contributed by atoms with Crippen LogP contribution in [0.4, 0.5) is 0 Å². The molecule has 0 radical (unpaired) electrons. The maximum atomic E-state index is 11.9. The summed E-state index contributed by atoms with van der Waals surface area (Å²) in [5.74, 6) is -0.977. The summed E-state index contributed by atoms with van der Waals surface area (Å²) in [6.07, 6.45) is 1.31. The Kier molecular flexibility index (Phi) is 3.69. The minimum absolute atomic E-state index is 0.0567. The predicted octanol–water partition coefficient (Wildman–Crippen LogP) is -0.182. The maximum Gasteiger partial charge on any atom is 0.257 e. The van der Waals surface area contributed by atoms with Crippen molar-refractivity contribution < 1.29 is 13.2 Å². The molecule has 2 rings (SSSR count). The summed E-state index contributed by atoms with van der Waals surface area (Å²) in [4.78, 5) is 26.3. The number of nitrogens with one attached hydrogen (secondary N) is 2. The van der Waals surface area contributed by atoms with Gasteiger partial charge in [-0.15, -0.1) is 11.6 Å². The van der Waals surface area contributed by atoms with E-state index in [0.717, 1.165) is 0 Å². The van der Waals surface area contributed by atoms with Crippen LogP contribution in [0.3, 0.4) is 0 Å². The predicted molar refractivity (Wildman–Crippen MR) is 71.3 cm³/mol. The number of rotatable bonds is 2. The van der Waals surface area contributed by atoms with Gasteiger partial charge in [0.25, 0.3) is 5.91 Å². The van der Waals surface area contributed by atoms with Crippen molar-refractivity contribution >= 4 is 27.3 Å². The van der Waals surface area contributed by atoms with Gasteiger partial charge in [-0.1, -0.05) is 0 Å². The smallest absolute Gasteiger partial charge is 0.257 e. The lowest BCUT2D eigenvalue weighted by molar-refractivity contribution is 0.0940. The average molecular weight is 305 g/mol. The van der Waals surface area contributed by atoms with Crippen LogP contribution in [0.15, 0.2) is 17.1 Å². The number of hydrogen-bond acceptors (Lipinski definition) is 4. The van der Waals surface area contributed by atoms with Crippen molar-refractivity contribution in [3.05, 3.63) is 33.7 Å². The van der Waals surface area contributed by atoms with Crippen LogP contribution in [0, 0.1) is 6.92 Å². The normalized spacial score (nSPS) is 25.2. The van der Waals surface area contributed by atoms with Crippen LogP contribution in [0.25, 0.3) is 0 Å². The van der Waals surface area contributed by atoms with E-state index in [1.807, 2.05) is 0 Å². The first-order valence-corrected chi connectivity index (χ1v) is 7.89. The van der Waals surface area contributed by atoms with Crippen molar-refractivity contribution in [2.75, 3.05) is 11.5 Å². The highest BCUT2D eigenvalue weighted by Gasteiger charge is 2.37. The first kappa shape index (κ1) is 14.1. The lowest BCUT2D eigenvalue weighted by atomic mass is 10.2. The molecule has 1 aromatic heterocycles. The number of aryl methyl sites for hydroxylation is 1. The van der Waals surface area contributed by atoms with Crippen LogP contribution in [-0.4, -0.2) is 42.2 Å². The summed E-state index contributed by atoms with van der Waals surface area (Å²) in [5.41, 5.74) is 0.166. The molecule has 6 nitrogen and oxygen atoms in total. The topological polar surface area (TPSA) is 96.1 Å². The van der Waals surface area contributed by atoms with Crippen LogP contribution in [0.2, 0.25) is 0 Å². The van der Waals surface area contributed by atoms with E-state index in [2.05, 4.69) is 10.3 Å². The zero-order chi connectivity index (χ0) is 14.2. The quantitative estimate of drug-likeness (QED) is 0.741. The van der Waals surface area contributed by atoms with Crippen LogP contribution in [-0.2, 0) is 9.84 Å². The van der Waals surface area contributed by atoms with Crippen LogP contribution in [0.5, 0.6) is 0 Å². The van der Waals surface area contributed by atoms with E-state index in [1.165, 1.54) is 12.3 Å². The molecule has 0 saturated carbocycles. The highest BCUT2D eigenvalue weighted by Crippen LogP contribution is 2.18. The minimum Gasteiger partial charge on any atom is -0.364 e.